The molecule has 3 aliphatic rings. The van der Waals surface area contributed by atoms with Crippen LogP contribution >= 0.6 is 23.5 Å². The summed E-state index contributed by atoms with van der Waals surface area (Å²) in [5.41, 5.74) is 2.87. The number of ketones is 1. The van der Waals surface area contributed by atoms with Gasteiger partial charge in [0.2, 0.25) is 18.6 Å². The first-order valence-corrected chi connectivity index (χ1v) is 12.2. The van der Waals surface area contributed by atoms with Gasteiger partial charge in [0.05, 0.1) is 15.7 Å². The Bertz CT molecular complexity index is 1170. The van der Waals surface area contributed by atoms with Crippen LogP contribution in [0, 0.1) is 0 Å². The molecule has 10 heteroatoms. The molecule has 0 aromatic heterocycles. The number of hydrogen-bond donors (Lipinski definition) is 2. The Hall–Kier alpha value is -2.98. The lowest BCUT2D eigenvalue weighted by atomic mass is 9.97. The molecule has 170 valence electrons. The van der Waals surface area contributed by atoms with Crippen LogP contribution in [0.1, 0.15) is 28.4 Å². The van der Waals surface area contributed by atoms with E-state index in [-0.39, 0.29) is 34.9 Å². The number of nitrogens with one attached hydrogen (secondary N) is 2. The molecule has 1 fully saturated rings. The topological polar surface area (TPSA) is 111 Å². The molecule has 0 saturated carbocycles. The van der Waals surface area contributed by atoms with Gasteiger partial charge in [0.25, 0.3) is 5.24 Å². The monoisotopic (exact) mass is 484 g/mol. The van der Waals surface area contributed by atoms with Gasteiger partial charge in [-0.1, -0.05) is 23.9 Å². The fourth-order valence-corrected chi connectivity index (χ4v) is 6.06. The van der Waals surface area contributed by atoms with Crippen molar-refractivity contribution in [3.05, 3.63) is 53.1 Å². The lowest BCUT2D eigenvalue weighted by Crippen LogP contribution is -2.28. The van der Waals surface area contributed by atoms with Gasteiger partial charge in [-0.2, -0.15) is 0 Å². The zero-order valence-electron chi connectivity index (χ0n) is 17.6. The maximum absolute atomic E-state index is 13.1. The summed E-state index contributed by atoms with van der Waals surface area (Å²) in [7, 11) is 0. The van der Waals surface area contributed by atoms with Crippen molar-refractivity contribution in [1.29, 1.82) is 0 Å². The van der Waals surface area contributed by atoms with Gasteiger partial charge in [-0.15, -0.1) is 11.8 Å². The lowest BCUT2D eigenvalue weighted by Gasteiger charge is -2.16. The molecule has 0 bridgehead atoms. The first-order valence-electron chi connectivity index (χ1n) is 10.4. The van der Waals surface area contributed by atoms with Gasteiger partial charge in [0.15, 0.2) is 17.3 Å². The molecule has 33 heavy (non-hydrogen) atoms. The van der Waals surface area contributed by atoms with Crippen molar-refractivity contribution in [3.63, 3.8) is 0 Å². The molecule has 2 N–H and O–H groups in total. The summed E-state index contributed by atoms with van der Waals surface area (Å²) in [4.78, 5) is 49.0. The number of benzene rings is 2. The number of amides is 3. The van der Waals surface area contributed by atoms with Crippen LogP contribution in [0.25, 0.3) is 0 Å². The van der Waals surface area contributed by atoms with Crippen LogP contribution in [-0.4, -0.2) is 45.4 Å². The molecule has 3 amide bonds. The number of rotatable bonds is 4. The Kier molecular flexibility index (Phi) is 5.79. The predicted octanol–water partition coefficient (Wildman–Crippen LogP) is 3.18. The Morgan fingerprint density at radius 1 is 1.12 bits per heavy atom. The van der Waals surface area contributed by atoms with E-state index in [1.165, 1.54) is 11.8 Å². The number of Topliss-reactive ketones (excluding diaryl/α,β-unsaturated/α-hetero) is 1. The zero-order chi connectivity index (χ0) is 23.1. The highest BCUT2D eigenvalue weighted by Gasteiger charge is 2.34. The van der Waals surface area contributed by atoms with Crippen LogP contribution in [0.4, 0.5) is 10.5 Å². The third kappa shape index (κ3) is 4.45. The second-order valence-electron chi connectivity index (χ2n) is 7.97. The van der Waals surface area contributed by atoms with E-state index in [0.717, 1.165) is 22.9 Å². The second-order valence-corrected chi connectivity index (χ2v) is 10.7. The molecule has 3 atom stereocenters. The third-order valence-electron chi connectivity index (χ3n) is 5.71. The van der Waals surface area contributed by atoms with E-state index in [2.05, 4.69) is 10.6 Å². The van der Waals surface area contributed by atoms with Crippen molar-refractivity contribution in [2.45, 2.75) is 35.5 Å². The van der Waals surface area contributed by atoms with Gasteiger partial charge in [-0.3, -0.25) is 24.5 Å². The molecule has 2 aromatic rings. The Morgan fingerprint density at radius 3 is 2.55 bits per heavy atom. The largest absolute Gasteiger partial charge is 0.454 e. The molecular weight excluding hydrogens is 464 g/mol. The average Bonchev–Trinajstić information content (AvgIpc) is 3.34. The van der Waals surface area contributed by atoms with Crippen molar-refractivity contribution in [2.24, 2.45) is 0 Å². The molecule has 0 aliphatic carbocycles. The summed E-state index contributed by atoms with van der Waals surface area (Å²) in [5.74, 6) is 0.653. The highest BCUT2D eigenvalue weighted by atomic mass is 32.2. The molecule has 5 rings (SSSR count). The quantitative estimate of drug-likeness (QED) is 0.681. The summed E-state index contributed by atoms with van der Waals surface area (Å²) >= 11 is 2.33. The number of carbonyl (C=O) groups is 4. The van der Waals surface area contributed by atoms with E-state index in [9.17, 15) is 19.2 Å². The molecule has 0 radical (unpaired) electrons. The van der Waals surface area contributed by atoms with Gasteiger partial charge in [-0.25, -0.2) is 0 Å². The number of thioether (sulfide) groups is 2. The third-order valence-corrected chi connectivity index (χ3v) is 8.02. The van der Waals surface area contributed by atoms with Gasteiger partial charge >= 0.3 is 0 Å². The highest BCUT2D eigenvalue weighted by Crippen LogP contribution is 2.39. The SMILES string of the molecule is CC1SC(C(=O)Nc2ccc(CC3SC(=O)NC3=O)cc2)Cc2cc3c(cc2C1=O)OCO3. The average molecular weight is 485 g/mol. The molecule has 3 unspecified atom stereocenters. The summed E-state index contributed by atoms with van der Waals surface area (Å²) in [6.07, 6.45) is 0.833. The minimum Gasteiger partial charge on any atom is -0.454 e. The van der Waals surface area contributed by atoms with Crippen LogP contribution in [-0.2, 0) is 22.4 Å². The number of anilines is 1. The van der Waals surface area contributed by atoms with Gasteiger partial charge < -0.3 is 14.8 Å². The van der Waals surface area contributed by atoms with E-state index in [1.54, 1.807) is 24.3 Å². The van der Waals surface area contributed by atoms with Crippen LogP contribution in [0.3, 0.4) is 0 Å². The minimum atomic E-state index is -0.449. The molecule has 3 heterocycles. The molecule has 2 aromatic carbocycles. The van der Waals surface area contributed by atoms with Crippen molar-refractivity contribution in [2.75, 3.05) is 12.1 Å². The first kappa shape index (κ1) is 21.8. The number of fused-ring (bicyclic) bond motifs is 2. The Labute approximate surface area is 198 Å². The van der Waals surface area contributed by atoms with Crippen LogP contribution in [0.5, 0.6) is 11.5 Å². The number of carbonyl (C=O) groups excluding carboxylic acids is 4. The maximum atomic E-state index is 13.1. The van der Waals surface area contributed by atoms with E-state index >= 15 is 0 Å². The molecular formula is C23H20N2O6S2. The Balaban J connectivity index is 1.28. The summed E-state index contributed by atoms with van der Waals surface area (Å²) in [5, 5.41) is 3.63. The maximum Gasteiger partial charge on any atom is 0.286 e. The van der Waals surface area contributed by atoms with Crippen LogP contribution < -0.4 is 20.1 Å². The highest BCUT2D eigenvalue weighted by molar-refractivity contribution is 8.15. The lowest BCUT2D eigenvalue weighted by molar-refractivity contribution is -0.119. The molecule has 0 spiro atoms. The fourth-order valence-electron chi connectivity index (χ4n) is 4.00. The molecule has 1 saturated heterocycles. The van der Waals surface area contributed by atoms with Gasteiger partial charge in [0.1, 0.15) is 0 Å². The van der Waals surface area contributed by atoms with E-state index < -0.39 is 10.5 Å². The molecule has 3 aliphatic heterocycles. The smallest absolute Gasteiger partial charge is 0.286 e. The van der Waals surface area contributed by atoms with Crippen molar-refractivity contribution < 1.29 is 28.7 Å². The number of hydrogen-bond acceptors (Lipinski definition) is 8. The fraction of sp³-hybridized carbons (Fsp3) is 0.304. The first-order chi connectivity index (χ1) is 15.9. The van der Waals surface area contributed by atoms with Crippen molar-refractivity contribution >= 4 is 52.0 Å². The zero-order valence-corrected chi connectivity index (χ0v) is 19.2. The van der Waals surface area contributed by atoms with Gasteiger partial charge in [0, 0.05) is 11.3 Å². The van der Waals surface area contributed by atoms with Crippen LogP contribution in [0.2, 0.25) is 0 Å². The summed E-state index contributed by atoms with van der Waals surface area (Å²) in [6.45, 7) is 1.93. The van der Waals surface area contributed by atoms with Crippen molar-refractivity contribution in [1.82, 2.24) is 5.32 Å². The standard InChI is InChI=1S/C23H20N2O6S2/c1-11-20(26)15-9-17-16(30-10-31-17)7-13(15)8-19(32-11)21(27)24-14-4-2-12(3-5-14)6-18-22(28)25-23(29)33-18/h2-5,7,9,11,18-19H,6,8,10H2,1H3,(H,24,27)(H,25,28,29). The second kappa shape index (κ2) is 8.75. The van der Waals surface area contributed by atoms with E-state index in [0.29, 0.717) is 35.6 Å². The summed E-state index contributed by atoms with van der Waals surface area (Å²) in [6, 6.07) is 10.7. The number of imide groups is 1. The van der Waals surface area contributed by atoms with Crippen LogP contribution in [0.15, 0.2) is 36.4 Å². The summed E-state index contributed by atoms with van der Waals surface area (Å²) < 4.78 is 10.8. The Morgan fingerprint density at radius 2 is 1.85 bits per heavy atom. The number of ether oxygens (including phenoxy) is 2. The van der Waals surface area contributed by atoms with Crippen molar-refractivity contribution in [3.8, 4) is 11.5 Å². The predicted molar refractivity (Wildman–Crippen MR) is 125 cm³/mol. The minimum absolute atomic E-state index is 0.0275. The van der Waals surface area contributed by atoms with E-state index in [1.807, 2.05) is 19.1 Å². The van der Waals surface area contributed by atoms with Gasteiger partial charge in [-0.05, 0) is 55.2 Å². The molecule has 8 nitrogen and oxygen atoms in total. The van der Waals surface area contributed by atoms with E-state index in [4.69, 9.17) is 9.47 Å². The normalized spacial score (nSPS) is 23.7.